The Balaban J connectivity index is 0. The molecule has 0 aromatic rings. The van der Waals surface area contributed by atoms with E-state index in [1.807, 2.05) is 0 Å². The molecule has 7 heteroatoms. The molecule has 0 aliphatic carbocycles. The third kappa shape index (κ3) is 36.1. The van der Waals surface area contributed by atoms with E-state index in [9.17, 15) is 4.79 Å². The minimum Gasteiger partial charge on any atom is -0.481 e. The first-order valence-electron chi connectivity index (χ1n) is 14.8. The minimum atomic E-state index is -0.653. The average Bonchev–Trinajstić information content (AvgIpc) is 2.83. The summed E-state index contributed by atoms with van der Waals surface area (Å²) in [7, 11) is 0. The van der Waals surface area contributed by atoms with Crippen LogP contribution in [0.5, 0.6) is 0 Å². The number of hydrogen-bond donors (Lipinski definition) is 5. The van der Waals surface area contributed by atoms with Gasteiger partial charge < -0.3 is 26.4 Å². The Labute approximate surface area is 228 Å². The molecular formula is C28H60MnN4O2. The zero-order valence-corrected chi connectivity index (χ0v) is 24.3. The maximum atomic E-state index is 10.3. The Hall–Kier alpha value is -0.171. The number of carbonyl (C=O) groups is 1. The van der Waals surface area contributed by atoms with Crippen LogP contribution in [0, 0.1) is 0 Å². The van der Waals surface area contributed by atoms with Crippen LogP contribution in [0.2, 0.25) is 0 Å². The van der Waals surface area contributed by atoms with Gasteiger partial charge in [0.05, 0.1) is 0 Å². The molecule has 0 bridgehead atoms. The van der Waals surface area contributed by atoms with Gasteiger partial charge in [0, 0.05) is 49.7 Å². The summed E-state index contributed by atoms with van der Waals surface area (Å²) < 4.78 is 0. The van der Waals surface area contributed by atoms with Crippen LogP contribution in [-0.4, -0.2) is 63.4 Å². The van der Waals surface area contributed by atoms with Crippen molar-refractivity contribution >= 4 is 5.97 Å². The van der Waals surface area contributed by atoms with Crippen LogP contribution in [0.15, 0.2) is 0 Å². The number of aliphatic carboxylic acids is 1. The molecule has 1 aliphatic heterocycles. The second-order valence-corrected chi connectivity index (χ2v) is 9.80. The van der Waals surface area contributed by atoms with Gasteiger partial charge in [0.2, 0.25) is 0 Å². The van der Waals surface area contributed by atoms with E-state index in [0.717, 1.165) is 65.2 Å². The Bertz CT molecular complexity index is 350. The third-order valence-electron chi connectivity index (χ3n) is 6.37. The van der Waals surface area contributed by atoms with Crippen molar-refractivity contribution in [3.8, 4) is 0 Å². The van der Waals surface area contributed by atoms with E-state index in [1.54, 1.807) is 0 Å². The molecule has 0 unspecified atom stereocenters. The molecule has 1 fully saturated rings. The van der Waals surface area contributed by atoms with E-state index in [-0.39, 0.29) is 17.1 Å². The summed E-state index contributed by atoms with van der Waals surface area (Å²) in [6.07, 6.45) is 22.6. The summed E-state index contributed by atoms with van der Waals surface area (Å²) >= 11 is 0. The number of rotatable bonds is 16. The summed E-state index contributed by atoms with van der Waals surface area (Å²) in [6.45, 7) is 11.1. The van der Waals surface area contributed by atoms with Crippen molar-refractivity contribution in [3.05, 3.63) is 0 Å². The van der Waals surface area contributed by atoms with Crippen LogP contribution in [-0.2, 0) is 21.9 Å². The topological polar surface area (TPSA) is 85.4 Å². The molecule has 211 valence electrons. The zero-order chi connectivity index (χ0) is 24.8. The molecule has 0 amide bonds. The van der Waals surface area contributed by atoms with Crippen LogP contribution in [0.1, 0.15) is 122 Å². The first-order chi connectivity index (χ1) is 16.8. The molecule has 35 heavy (non-hydrogen) atoms. The number of carboxylic acids is 1. The molecule has 0 aromatic heterocycles. The van der Waals surface area contributed by atoms with Crippen molar-refractivity contribution in [3.63, 3.8) is 0 Å². The third-order valence-corrected chi connectivity index (χ3v) is 6.37. The molecular weight excluding hydrogens is 479 g/mol. The normalized spacial score (nSPS) is 15.8. The van der Waals surface area contributed by atoms with E-state index in [2.05, 4.69) is 28.2 Å². The van der Waals surface area contributed by atoms with Crippen LogP contribution in [0.3, 0.4) is 0 Å². The van der Waals surface area contributed by atoms with Crippen molar-refractivity contribution in [1.82, 2.24) is 21.3 Å². The summed E-state index contributed by atoms with van der Waals surface area (Å²) in [5.41, 5.74) is 0. The predicted octanol–water partition coefficient (Wildman–Crippen LogP) is 5.47. The number of unbranched alkanes of at least 4 members (excludes halogenated alkanes) is 14. The van der Waals surface area contributed by atoms with E-state index >= 15 is 0 Å². The molecule has 5 N–H and O–H groups in total. The second kappa shape index (κ2) is 33.8. The van der Waals surface area contributed by atoms with Gasteiger partial charge in [0.25, 0.3) is 0 Å². The van der Waals surface area contributed by atoms with Crippen LogP contribution < -0.4 is 21.3 Å². The molecule has 0 atom stereocenters. The van der Waals surface area contributed by atoms with Crippen molar-refractivity contribution in [2.45, 2.75) is 122 Å². The summed E-state index contributed by atoms with van der Waals surface area (Å²) in [4.78, 5) is 10.3. The van der Waals surface area contributed by atoms with E-state index in [1.165, 1.54) is 96.3 Å². The maximum absolute atomic E-state index is 10.3. The number of nitrogens with one attached hydrogen (secondary N) is 4. The van der Waals surface area contributed by atoms with E-state index in [4.69, 9.17) is 5.11 Å². The standard InChI is InChI=1S/C18H36O2.C10H24N4.Mn/c1-2-3-4-5-6-7-8-9-10-11-12-13-14-15-16-17-18(19)20;1-3-11-7-9-13-5-2-6-14-10-8-12-4-1;/h2-17H2,1H3,(H,19,20);11-14H,1-10H2;. The Morgan fingerprint density at radius 3 is 1.09 bits per heavy atom. The van der Waals surface area contributed by atoms with Gasteiger partial charge in [-0.05, 0) is 45.4 Å². The molecule has 6 nitrogen and oxygen atoms in total. The largest absolute Gasteiger partial charge is 0.481 e. The molecule has 0 spiro atoms. The van der Waals surface area contributed by atoms with Gasteiger partial charge in [-0.3, -0.25) is 4.79 Å². The Morgan fingerprint density at radius 2 is 0.800 bits per heavy atom. The van der Waals surface area contributed by atoms with Crippen LogP contribution >= 0.6 is 0 Å². The van der Waals surface area contributed by atoms with E-state index < -0.39 is 5.97 Å². The number of hydrogen-bond acceptors (Lipinski definition) is 5. The van der Waals surface area contributed by atoms with Gasteiger partial charge >= 0.3 is 5.97 Å². The molecule has 1 aliphatic rings. The van der Waals surface area contributed by atoms with Gasteiger partial charge in [0.15, 0.2) is 0 Å². The Morgan fingerprint density at radius 1 is 0.514 bits per heavy atom. The minimum absolute atomic E-state index is 0. The molecule has 0 aromatic carbocycles. The fourth-order valence-electron chi connectivity index (χ4n) is 4.18. The predicted molar refractivity (Wildman–Crippen MR) is 148 cm³/mol. The summed E-state index contributed by atoms with van der Waals surface area (Å²) in [6, 6.07) is 0. The van der Waals surface area contributed by atoms with Gasteiger partial charge in [-0.2, -0.15) is 0 Å². The molecule has 0 saturated carbocycles. The fraction of sp³-hybridized carbons (Fsp3) is 0.964. The first kappa shape index (κ1) is 37.0. The summed E-state index contributed by atoms with van der Waals surface area (Å²) in [5.74, 6) is -0.653. The van der Waals surface area contributed by atoms with Crippen LogP contribution in [0.25, 0.3) is 0 Å². The maximum Gasteiger partial charge on any atom is 0.303 e. The smallest absolute Gasteiger partial charge is 0.303 e. The molecule has 1 saturated heterocycles. The Kier molecular flexibility index (Phi) is 35.7. The first-order valence-corrected chi connectivity index (χ1v) is 14.8. The zero-order valence-electron chi connectivity index (χ0n) is 23.1. The molecule has 1 rings (SSSR count). The van der Waals surface area contributed by atoms with Gasteiger partial charge in [0.1, 0.15) is 0 Å². The van der Waals surface area contributed by atoms with Gasteiger partial charge in [-0.15, -0.1) is 0 Å². The van der Waals surface area contributed by atoms with Gasteiger partial charge in [-0.25, -0.2) is 0 Å². The van der Waals surface area contributed by atoms with Crippen molar-refractivity contribution in [2.75, 3.05) is 52.4 Å². The van der Waals surface area contributed by atoms with Gasteiger partial charge in [-0.1, -0.05) is 96.8 Å². The van der Waals surface area contributed by atoms with Crippen LogP contribution in [0.4, 0.5) is 0 Å². The molecule has 1 heterocycles. The van der Waals surface area contributed by atoms with Crippen molar-refractivity contribution < 1.29 is 27.0 Å². The molecule has 1 radical (unpaired) electrons. The average molecular weight is 540 g/mol. The van der Waals surface area contributed by atoms with Crippen molar-refractivity contribution in [2.24, 2.45) is 0 Å². The van der Waals surface area contributed by atoms with E-state index in [0.29, 0.717) is 6.42 Å². The number of carboxylic acid groups (broad SMARTS) is 1. The fourth-order valence-corrected chi connectivity index (χ4v) is 4.18. The quantitative estimate of drug-likeness (QED) is 0.132. The SMILES string of the molecule is C1CNCCNCCCNCCNC1.CCCCCCCCCCCCCCCCCC(=O)O.[Mn]. The monoisotopic (exact) mass is 539 g/mol. The van der Waals surface area contributed by atoms with Crippen molar-refractivity contribution in [1.29, 1.82) is 0 Å². The second-order valence-electron chi connectivity index (χ2n) is 9.80. The summed E-state index contributed by atoms with van der Waals surface area (Å²) in [5, 5.41) is 22.2.